The fraction of sp³-hybridized carbons (Fsp3) is 0.241. The van der Waals surface area contributed by atoms with Crippen LogP contribution in [0.25, 0.3) is 11.0 Å². The zero-order chi connectivity index (χ0) is 25.6. The number of carbonyl (C=O) groups excluding carboxylic acids is 1. The number of fused-ring (bicyclic) bond motifs is 2. The SMILES string of the molecule is COc1ccc(CCN2C(=O)c3oc4cc(C)cc(C)c4c(=O)c3C2c2ccc(Br)cc2)cc1OC. The topological polar surface area (TPSA) is 69.0 Å². The first kappa shape index (κ1) is 24.1. The van der Waals surface area contributed by atoms with Crippen molar-refractivity contribution in [1.29, 1.82) is 0 Å². The van der Waals surface area contributed by atoms with Gasteiger partial charge in [-0.2, -0.15) is 0 Å². The molecule has 0 saturated heterocycles. The molecule has 0 radical (unpaired) electrons. The lowest BCUT2D eigenvalue weighted by Gasteiger charge is -2.25. The number of methoxy groups -OCH3 is 2. The molecule has 36 heavy (non-hydrogen) atoms. The highest BCUT2D eigenvalue weighted by Gasteiger charge is 2.42. The molecular weight excluding hydrogens is 522 g/mol. The Bertz CT molecular complexity index is 1540. The fourth-order valence-electron chi connectivity index (χ4n) is 5.02. The van der Waals surface area contributed by atoms with Gasteiger partial charge in [0.25, 0.3) is 5.91 Å². The van der Waals surface area contributed by atoms with E-state index in [1.807, 2.05) is 68.4 Å². The monoisotopic (exact) mass is 547 g/mol. The molecule has 6 nitrogen and oxygen atoms in total. The first-order valence-corrected chi connectivity index (χ1v) is 12.5. The van der Waals surface area contributed by atoms with Gasteiger partial charge in [0.1, 0.15) is 5.58 Å². The summed E-state index contributed by atoms with van der Waals surface area (Å²) in [4.78, 5) is 29.3. The van der Waals surface area contributed by atoms with E-state index in [0.29, 0.717) is 41.0 Å². The van der Waals surface area contributed by atoms with E-state index in [4.69, 9.17) is 13.9 Å². The first-order chi connectivity index (χ1) is 17.3. The minimum atomic E-state index is -0.540. The summed E-state index contributed by atoms with van der Waals surface area (Å²) in [6.45, 7) is 4.24. The maximum atomic E-state index is 13.8. The molecule has 0 N–H and O–H groups in total. The molecule has 5 rings (SSSR count). The zero-order valence-corrected chi connectivity index (χ0v) is 22.1. The van der Waals surface area contributed by atoms with Crippen molar-refractivity contribution in [3.8, 4) is 11.5 Å². The summed E-state index contributed by atoms with van der Waals surface area (Å²) in [6.07, 6.45) is 0.568. The van der Waals surface area contributed by atoms with Crippen LogP contribution >= 0.6 is 15.9 Å². The number of benzene rings is 3. The molecule has 4 aromatic rings. The molecular formula is C29H26BrNO5. The maximum absolute atomic E-state index is 13.8. The van der Waals surface area contributed by atoms with Gasteiger partial charge in [-0.1, -0.05) is 40.2 Å². The predicted molar refractivity (Wildman–Crippen MR) is 142 cm³/mol. The number of hydrogen-bond donors (Lipinski definition) is 0. The number of rotatable bonds is 6. The summed E-state index contributed by atoms with van der Waals surface area (Å²) in [5.74, 6) is 1.12. The second kappa shape index (κ2) is 9.47. The summed E-state index contributed by atoms with van der Waals surface area (Å²) in [7, 11) is 3.19. The largest absolute Gasteiger partial charge is 0.493 e. The van der Waals surface area contributed by atoms with Crippen LogP contribution in [0.5, 0.6) is 11.5 Å². The van der Waals surface area contributed by atoms with Gasteiger partial charge in [0.15, 0.2) is 16.9 Å². The second-order valence-corrected chi connectivity index (χ2v) is 9.94. The molecule has 1 amide bonds. The standard InChI is InChI=1S/C29H26BrNO5/c1-16-13-17(2)24-23(14-16)36-28-25(27(24)32)26(19-6-8-20(30)9-7-19)31(29(28)33)12-11-18-5-10-21(34-3)22(15-18)35-4/h5-10,13-15,26H,11-12H2,1-4H3. The quantitative estimate of drug-likeness (QED) is 0.297. The van der Waals surface area contributed by atoms with Crippen molar-refractivity contribution < 1.29 is 18.7 Å². The van der Waals surface area contributed by atoms with Crippen LogP contribution in [0.3, 0.4) is 0 Å². The average Bonchev–Trinajstić information content (AvgIpc) is 3.14. The van der Waals surface area contributed by atoms with Crippen LogP contribution in [0.15, 0.2) is 68.3 Å². The molecule has 0 bridgehead atoms. The van der Waals surface area contributed by atoms with Crippen molar-refractivity contribution >= 4 is 32.8 Å². The summed E-state index contributed by atoms with van der Waals surface area (Å²) in [5.41, 5.74) is 4.35. The van der Waals surface area contributed by atoms with E-state index < -0.39 is 6.04 Å². The number of halogens is 1. The Morgan fingerprint density at radius 1 is 0.944 bits per heavy atom. The van der Waals surface area contributed by atoms with Crippen LogP contribution in [0.2, 0.25) is 0 Å². The number of amides is 1. The molecule has 2 heterocycles. The molecule has 1 aromatic heterocycles. The van der Waals surface area contributed by atoms with Gasteiger partial charge in [-0.05, 0) is 72.9 Å². The Labute approximate surface area is 217 Å². The Morgan fingerprint density at radius 3 is 2.36 bits per heavy atom. The van der Waals surface area contributed by atoms with E-state index in [2.05, 4.69) is 15.9 Å². The molecule has 0 saturated carbocycles. The Kier molecular flexibility index (Phi) is 6.35. The van der Waals surface area contributed by atoms with Crippen LogP contribution in [0.1, 0.15) is 44.4 Å². The van der Waals surface area contributed by atoms with Crippen molar-refractivity contribution in [1.82, 2.24) is 4.90 Å². The highest BCUT2D eigenvalue weighted by atomic mass is 79.9. The fourth-order valence-corrected chi connectivity index (χ4v) is 5.29. The number of hydrogen-bond acceptors (Lipinski definition) is 5. The Morgan fingerprint density at radius 2 is 1.67 bits per heavy atom. The van der Waals surface area contributed by atoms with Crippen LogP contribution in [-0.2, 0) is 6.42 Å². The minimum Gasteiger partial charge on any atom is -0.493 e. The van der Waals surface area contributed by atoms with Gasteiger partial charge in [-0.15, -0.1) is 0 Å². The smallest absolute Gasteiger partial charge is 0.290 e. The third kappa shape index (κ3) is 4.07. The van der Waals surface area contributed by atoms with E-state index in [1.54, 1.807) is 19.1 Å². The van der Waals surface area contributed by atoms with E-state index in [9.17, 15) is 9.59 Å². The number of aryl methyl sites for hydroxylation is 2. The van der Waals surface area contributed by atoms with Crippen LogP contribution in [0, 0.1) is 13.8 Å². The summed E-state index contributed by atoms with van der Waals surface area (Å²) >= 11 is 3.48. The lowest BCUT2D eigenvalue weighted by molar-refractivity contribution is 0.0730. The molecule has 1 atom stereocenters. The Balaban J connectivity index is 1.61. The van der Waals surface area contributed by atoms with Gasteiger partial charge in [0.05, 0.1) is 31.2 Å². The van der Waals surface area contributed by atoms with Gasteiger partial charge in [0.2, 0.25) is 5.76 Å². The van der Waals surface area contributed by atoms with Crippen molar-refractivity contribution in [2.24, 2.45) is 0 Å². The van der Waals surface area contributed by atoms with Crippen LogP contribution in [-0.4, -0.2) is 31.6 Å². The number of carbonyl (C=O) groups is 1. The molecule has 1 aliphatic rings. The maximum Gasteiger partial charge on any atom is 0.290 e. The van der Waals surface area contributed by atoms with Crippen LogP contribution in [0.4, 0.5) is 0 Å². The van der Waals surface area contributed by atoms with Crippen molar-refractivity contribution in [3.05, 3.63) is 103 Å². The molecule has 1 unspecified atom stereocenters. The molecule has 3 aromatic carbocycles. The van der Waals surface area contributed by atoms with Gasteiger partial charge in [-0.25, -0.2) is 0 Å². The van der Waals surface area contributed by atoms with Gasteiger partial charge in [0, 0.05) is 11.0 Å². The molecule has 7 heteroatoms. The summed E-state index contributed by atoms with van der Waals surface area (Å²) in [6, 6.07) is 16.7. The molecule has 184 valence electrons. The lowest BCUT2D eigenvalue weighted by Crippen LogP contribution is -2.31. The highest BCUT2D eigenvalue weighted by Crippen LogP contribution is 2.39. The third-order valence-corrected chi connectivity index (χ3v) is 7.22. The lowest BCUT2D eigenvalue weighted by atomic mass is 9.97. The second-order valence-electron chi connectivity index (χ2n) is 9.02. The van der Waals surface area contributed by atoms with E-state index in [0.717, 1.165) is 26.7 Å². The highest BCUT2D eigenvalue weighted by molar-refractivity contribution is 9.10. The number of ether oxygens (including phenoxy) is 2. The zero-order valence-electron chi connectivity index (χ0n) is 20.6. The molecule has 0 fully saturated rings. The van der Waals surface area contributed by atoms with Gasteiger partial charge < -0.3 is 18.8 Å². The van der Waals surface area contributed by atoms with Crippen molar-refractivity contribution in [3.63, 3.8) is 0 Å². The minimum absolute atomic E-state index is 0.123. The van der Waals surface area contributed by atoms with Crippen LogP contribution < -0.4 is 14.9 Å². The van der Waals surface area contributed by atoms with Gasteiger partial charge >= 0.3 is 0 Å². The summed E-state index contributed by atoms with van der Waals surface area (Å²) < 4.78 is 17.8. The molecule has 0 aliphatic carbocycles. The van der Waals surface area contributed by atoms with E-state index >= 15 is 0 Å². The van der Waals surface area contributed by atoms with Crippen molar-refractivity contribution in [2.45, 2.75) is 26.3 Å². The summed E-state index contributed by atoms with van der Waals surface area (Å²) in [5, 5.41) is 0.524. The van der Waals surface area contributed by atoms with Gasteiger partial charge in [-0.3, -0.25) is 9.59 Å². The molecule has 0 spiro atoms. The average molecular weight is 548 g/mol. The Hall–Kier alpha value is -3.58. The predicted octanol–water partition coefficient (Wildman–Crippen LogP) is 5.98. The number of nitrogens with zero attached hydrogens (tertiary/aromatic N) is 1. The van der Waals surface area contributed by atoms with E-state index in [1.165, 1.54) is 0 Å². The van der Waals surface area contributed by atoms with Crippen molar-refractivity contribution in [2.75, 3.05) is 20.8 Å². The van der Waals surface area contributed by atoms with E-state index in [-0.39, 0.29) is 17.1 Å². The normalized spacial score (nSPS) is 14.9. The first-order valence-electron chi connectivity index (χ1n) is 11.7. The molecule has 1 aliphatic heterocycles. The third-order valence-electron chi connectivity index (χ3n) is 6.69.